The number of hydrogen-bond acceptors (Lipinski definition) is 2. The number of anilines is 1. The van der Waals surface area contributed by atoms with Crippen LogP contribution in [0.5, 0.6) is 5.75 Å². The maximum absolute atomic E-state index is 12.4. The first-order chi connectivity index (χ1) is 8.99. The third kappa shape index (κ3) is 4.98. The summed E-state index contributed by atoms with van der Waals surface area (Å²) in [6.07, 6.45) is -11.6. The molecule has 1 amide bonds. The van der Waals surface area contributed by atoms with Crippen LogP contribution in [0.25, 0.3) is 0 Å². The summed E-state index contributed by atoms with van der Waals surface area (Å²) in [4.78, 5) is 11.2. The number of phenolic OH excluding ortho intramolecular Hbond substituents is 1. The van der Waals surface area contributed by atoms with Crippen molar-refractivity contribution in [2.24, 2.45) is 0 Å². The SMILES string of the molecule is O=C(CCC(F)(F)F)Nc1ccc(O)c(C(F)(F)F)c1. The molecule has 9 heteroatoms. The molecule has 3 nitrogen and oxygen atoms in total. The Balaban J connectivity index is 2.77. The fourth-order valence-electron chi connectivity index (χ4n) is 1.32. The molecule has 112 valence electrons. The average molecular weight is 301 g/mol. The number of amides is 1. The maximum atomic E-state index is 12.4. The molecule has 1 rings (SSSR count). The summed E-state index contributed by atoms with van der Waals surface area (Å²) >= 11 is 0. The van der Waals surface area contributed by atoms with Crippen molar-refractivity contribution in [3.05, 3.63) is 23.8 Å². The molecule has 0 unspecified atom stereocenters. The number of aromatic hydroxyl groups is 1. The molecule has 1 aromatic carbocycles. The van der Waals surface area contributed by atoms with E-state index in [9.17, 15) is 31.1 Å². The molecule has 0 radical (unpaired) electrons. The van der Waals surface area contributed by atoms with Crippen LogP contribution in [0.1, 0.15) is 18.4 Å². The molecule has 0 spiro atoms. The van der Waals surface area contributed by atoms with Gasteiger partial charge in [0.05, 0.1) is 12.0 Å². The van der Waals surface area contributed by atoms with Gasteiger partial charge in [-0.25, -0.2) is 0 Å². The number of rotatable bonds is 3. The van der Waals surface area contributed by atoms with Crippen molar-refractivity contribution in [1.29, 1.82) is 0 Å². The third-order valence-corrected chi connectivity index (χ3v) is 2.22. The van der Waals surface area contributed by atoms with Crippen molar-refractivity contribution in [2.45, 2.75) is 25.2 Å². The first kappa shape index (κ1) is 16.1. The molecule has 0 atom stereocenters. The zero-order valence-electron chi connectivity index (χ0n) is 9.77. The largest absolute Gasteiger partial charge is 0.507 e. The Hall–Kier alpha value is -1.93. The van der Waals surface area contributed by atoms with E-state index in [1.165, 1.54) is 0 Å². The molecular formula is C11H9F6NO2. The van der Waals surface area contributed by atoms with Crippen LogP contribution in [0.2, 0.25) is 0 Å². The number of alkyl halides is 6. The second-order valence-corrected chi connectivity index (χ2v) is 3.89. The molecule has 0 saturated heterocycles. The Morgan fingerprint density at radius 3 is 2.25 bits per heavy atom. The molecule has 0 bridgehead atoms. The Labute approximate surface area is 109 Å². The smallest absolute Gasteiger partial charge is 0.420 e. The summed E-state index contributed by atoms with van der Waals surface area (Å²) in [5.41, 5.74) is -1.73. The summed E-state index contributed by atoms with van der Waals surface area (Å²) < 4.78 is 72.9. The van der Waals surface area contributed by atoms with Crippen LogP contribution in [0.3, 0.4) is 0 Å². The zero-order valence-corrected chi connectivity index (χ0v) is 9.77. The van der Waals surface area contributed by atoms with Gasteiger partial charge < -0.3 is 10.4 Å². The fourth-order valence-corrected chi connectivity index (χ4v) is 1.32. The van der Waals surface area contributed by atoms with Crippen LogP contribution in [-0.2, 0) is 11.0 Å². The molecule has 1 aromatic rings. The lowest BCUT2D eigenvalue weighted by Crippen LogP contribution is -2.17. The van der Waals surface area contributed by atoms with Crippen LogP contribution in [-0.4, -0.2) is 17.2 Å². The van der Waals surface area contributed by atoms with Crippen LogP contribution < -0.4 is 5.32 Å². The minimum absolute atomic E-state index is 0.345. The highest BCUT2D eigenvalue weighted by Gasteiger charge is 2.34. The summed E-state index contributed by atoms with van der Waals surface area (Å²) in [6, 6.07) is 2.10. The quantitative estimate of drug-likeness (QED) is 0.661. The highest BCUT2D eigenvalue weighted by molar-refractivity contribution is 5.90. The Morgan fingerprint density at radius 2 is 1.75 bits per heavy atom. The predicted molar refractivity (Wildman–Crippen MR) is 57.0 cm³/mol. The Morgan fingerprint density at radius 1 is 1.15 bits per heavy atom. The first-order valence-corrected chi connectivity index (χ1v) is 5.26. The van der Waals surface area contributed by atoms with Crippen LogP contribution >= 0.6 is 0 Å². The van der Waals surface area contributed by atoms with Crippen LogP contribution in [0, 0.1) is 0 Å². The normalized spacial score (nSPS) is 12.3. The molecule has 0 aliphatic rings. The van der Waals surface area contributed by atoms with E-state index in [0.29, 0.717) is 12.1 Å². The van der Waals surface area contributed by atoms with Crippen LogP contribution in [0.15, 0.2) is 18.2 Å². The lowest BCUT2D eigenvalue weighted by atomic mass is 10.1. The topological polar surface area (TPSA) is 49.3 Å². The molecule has 0 aromatic heterocycles. The molecule has 20 heavy (non-hydrogen) atoms. The third-order valence-electron chi connectivity index (χ3n) is 2.22. The van der Waals surface area contributed by atoms with Gasteiger partial charge in [0.15, 0.2) is 0 Å². The molecule has 0 aliphatic heterocycles. The van der Waals surface area contributed by atoms with E-state index in [0.717, 1.165) is 6.07 Å². The van der Waals surface area contributed by atoms with Gasteiger partial charge in [0.2, 0.25) is 5.91 Å². The number of benzene rings is 1. The highest BCUT2D eigenvalue weighted by atomic mass is 19.4. The second-order valence-electron chi connectivity index (χ2n) is 3.89. The minimum atomic E-state index is -4.84. The van der Waals surface area contributed by atoms with Gasteiger partial charge in [0, 0.05) is 12.1 Å². The monoisotopic (exact) mass is 301 g/mol. The van der Waals surface area contributed by atoms with Gasteiger partial charge in [-0.05, 0) is 18.2 Å². The van der Waals surface area contributed by atoms with E-state index in [1.807, 2.05) is 5.32 Å². The van der Waals surface area contributed by atoms with Gasteiger partial charge in [0.1, 0.15) is 5.75 Å². The van der Waals surface area contributed by atoms with Gasteiger partial charge in [-0.2, -0.15) is 26.3 Å². The fraction of sp³-hybridized carbons (Fsp3) is 0.364. The van der Waals surface area contributed by atoms with E-state index in [2.05, 4.69) is 0 Å². The second kappa shape index (κ2) is 5.59. The van der Waals surface area contributed by atoms with Crippen molar-refractivity contribution < 1.29 is 36.2 Å². The van der Waals surface area contributed by atoms with Gasteiger partial charge in [-0.1, -0.05) is 0 Å². The average Bonchev–Trinajstić information content (AvgIpc) is 2.27. The van der Waals surface area contributed by atoms with Gasteiger partial charge in [-0.15, -0.1) is 0 Å². The number of carbonyl (C=O) groups is 1. The Kier molecular flexibility index (Phi) is 4.51. The van der Waals surface area contributed by atoms with E-state index in [4.69, 9.17) is 5.11 Å². The summed E-state index contributed by atoms with van der Waals surface area (Å²) in [7, 11) is 0. The van der Waals surface area contributed by atoms with Gasteiger partial charge >= 0.3 is 12.4 Å². The van der Waals surface area contributed by atoms with E-state index in [-0.39, 0.29) is 5.69 Å². The Bertz CT molecular complexity index is 495. The van der Waals surface area contributed by atoms with E-state index in [1.54, 1.807) is 0 Å². The lowest BCUT2D eigenvalue weighted by molar-refractivity contribution is -0.142. The number of phenols is 1. The zero-order chi connectivity index (χ0) is 15.6. The number of hydrogen-bond donors (Lipinski definition) is 2. The predicted octanol–water partition coefficient (Wildman–Crippen LogP) is 3.69. The molecule has 0 fully saturated rings. The lowest BCUT2D eigenvalue weighted by Gasteiger charge is -2.12. The first-order valence-electron chi connectivity index (χ1n) is 5.26. The van der Waals surface area contributed by atoms with Gasteiger partial charge in [0.25, 0.3) is 0 Å². The van der Waals surface area contributed by atoms with E-state index >= 15 is 0 Å². The number of carbonyl (C=O) groups excluding carboxylic acids is 1. The summed E-state index contributed by atoms with van der Waals surface area (Å²) in [5, 5.41) is 10.9. The molecule has 0 heterocycles. The summed E-state index contributed by atoms with van der Waals surface area (Å²) in [5.74, 6) is -2.10. The van der Waals surface area contributed by atoms with Crippen molar-refractivity contribution in [2.75, 3.05) is 5.32 Å². The minimum Gasteiger partial charge on any atom is -0.507 e. The van der Waals surface area contributed by atoms with Gasteiger partial charge in [-0.3, -0.25) is 4.79 Å². The van der Waals surface area contributed by atoms with Crippen LogP contribution in [0.4, 0.5) is 32.0 Å². The van der Waals surface area contributed by atoms with Crippen molar-refractivity contribution in [3.8, 4) is 5.75 Å². The number of halogens is 6. The standard InChI is InChI=1S/C11H9F6NO2/c12-10(13,14)4-3-9(20)18-6-1-2-8(19)7(5-6)11(15,16)17/h1-2,5,19H,3-4H2,(H,18,20). The van der Waals surface area contributed by atoms with Crippen molar-refractivity contribution in [3.63, 3.8) is 0 Å². The summed E-state index contributed by atoms with van der Waals surface area (Å²) in [6.45, 7) is 0. The van der Waals surface area contributed by atoms with Crippen molar-refractivity contribution >= 4 is 11.6 Å². The number of nitrogens with one attached hydrogen (secondary N) is 1. The molecular weight excluding hydrogens is 292 g/mol. The molecule has 2 N–H and O–H groups in total. The highest BCUT2D eigenvalue weighted by Crippen LogP contribution is 2.37. The molecule has 0 aliphatic carbocycles. The van der Waals surface area contributed by atoms with E-state index < -0.39 is 42.4 Å². The molecule has 0 saturated carbocycles. The maximum Gasteiger partial charge on any atom is 0.420 e. The van der Waals surface area contributed by atoms with Crippen molar-refractivity contribution in [1.82, 2.24) is 0 Å².